The Bertz CT molecular complexity index is 1430. The van der Waals surface area contributed by atoms with E-state index in [1.165, 1.54) is 13.2 Å². The van der Waals surface area contributed by atoms with Crippen LogP contribution in [-0.2, 0) is 16.0 Å². The third kappa shape index (κ3) is 4.98. The molecule has 0 atom stereocenters. The third-order valence-electron chi connectivity index (χ3n) is 6.72. The number of morpholine rings is 1. The number of aryl methyl sites for hydroxylation is 1. The van der Waals surface area contributed by atoms with Crippen molar-refractivity contribution in [2.24, 2.45) is 0 Å². The summed E-state index contributed by atoms with van der Waals surface area (Å²) >= 11 is 9.79. The van der Waals surface area contributed by atoms with E-state index in [0.29, 0.717) is 59.5 Å². The van der Waals surface area contributed by atoms with Crippen LogP contribution in [-0.4, -0.2) is 56.9 Å². The van der Waals surface area contributed by atoms with Crippen LogP contribution in [0.2, 0.25) is 5.02 Å². The molecule has 0 radical (unpaired) electrons. The summed E-state index contributed by atoms with van der Waals surface area (Å²) in [5.41, 5.74) is 3.56. The molecule has 5 rings (SSSR count). The van der Waals surface area contributed by atoms with Crippen LogP contribution in [0.5, 0.6) is 5.75 Å². The summed E-state index contributed by atoms with van der Waals surface area (Å²) < 4.78 is 32.7. The van der Waals surface area contributed by atoms with Crippen molar-refractivity contribution in [2.45, 2.75) is 13.5 Å². The summed E-state index contributed by atoms with van der Waals surface area (Å²) in [5.74, 6) is -0.952. The highest BCUT2D eigenvalue weighted by Crippen LogP contribution is 2.40. The monoisotopic (exact) mass is 602 g/mol. The SMILES string of the molecule is COC(=O)c1cc(F)c(-c2cccc3c2OCN(C(=O)c2cc(C)c(Br)cc2Cl)C3)cc1N1CCOCC1. The van der Waals surface area contributed by atoms with Gasteiger partial charge in [0.25, 0.3) is 5.91 Å². The van der Waals surface area contributed by atoms with Crippen LogP contribution in [0, 0.1) is 12.7 Å². The Balaban J connectivity index is 1.50. The van der Waals surface area contributed by atoms with Crippen molar-refractivity contribution in [3.05, 3.63) is 80.0 Å². The van der Waals surface area contributed by atoms with Crippen molar-refractivity contribution in [3.8, 4) is 16.9 Å². The van der Waals surface area contributed by atoms with Crippen LogP contribution in [0.4, 0.5) is 10.1 Å². The molecule has 2 aliphatic rings. The Morgan fingerprint density at radius 3 is 2.58 bits per heavy atom. The summed E-state index contributed by atoms with van der Waals surface area (Å²) in [5, 5.41) is 0.343. The van der Waals surface area contributed by atoms with E-state index in [2.05, 4.69) is 15.9 Å². The average Bonchev–Trinajstić information content (AvgIpc) is 2.94. The van der Waals surface area contributed by atoms with Gasteiger partial charge in [0.05, 0.1) is 48.7 Å². The number of anilines is 1. The zero-order valence-electron chi connectivity index (χ0n) is 20.9. The van der Waals surface area contributed by atoms with Crippen LogP contribution in [0.1, 0.15) is 31.8 Å². The molecule has 2 heterocycles. The molecular weight excluding hydrogens is 579 g/mol. The normalized spacial score (nSPS) is 15.1. The number of carbonyl (C=O) groups excluding carboxylic acids is 2. The Morgan fingerprint density at radius 1 is 1.08 bits per heavy atom. The van der Waals surface area contributed by atoms with Crippen LogP contribution >= 0.6 is 27.5 Å². The molecule has 1 fully saturated rings. The first kappa shape index (κ1) is 26.5. The summed E-state index contributed by atoms with van der Waals surface area (Å²) in [7, 11) is 1.27. The Kier molecular flexibility index (Phi) is 7.61. The Morgan fingerprint density at radius 2 is 1.84 bits per heavy atom. The van der Waals surface area contributed by atoms with Crippen molar-refractivity contribution in [1.29, 1.82) is 0 Å². The molecule has 0 bridgehead atoms. The van der Waals surface area contributed by atoms with E-state index in [1.54, 1.807) is 35.2 Å². The van der Waals surface area contributed by atoms with E-state index in [1.807, 2.05) is 17.9 Å². The number of ether oxygens (including phenoxy) is 3. The lowest BCUT2D eigenvalue weighted by Gasteiger charge is -2.32. The van der Waals surface area contributed by atoms with Gasteiger partial charge in [-0.15, -0.1) is 0 Å². The Hall–Kier alpha value is -3.14. The topological polar surface area (TPSA) is 68.3 Å². The highest BCUT2D eigenvalue weighted by atomic mass is 79.9. The zero-order chi connectivity index (χ0) is 27.0. The summed E-state index contributed by atoms with van der Waals surface area (Å²) in [4.78, 5) is 29.3. The molecule has 2 aliphatic heterocycles. The maximum atomic E-state index is 15.5. The van der Waals surface area contributed by atoms with E-state index in [4.69, 9.17) is 25.8 Å². The predicted molar refractivity (Wildman–Crippen MR) is 145 cm³/mol. The standard InChI is InChI=1S/C28H25BrClFN2O5/c1-16-10-20(23(30)13-22(16)29)27(34)33-14-17-4-3-5-18(26(17)38-15-33)19-12-25(32-6-8-37-9-7-32)21(11-24(19)31)28(35)36-2/h3-5,10-13H,6-9,14-15H2,1-2H3. The molecule has 0 aromatic heterocycles. The molecule has 10 heteroatoms. The number of para-hydroxylation sites is 1. The van der Waals surface area contributed by atoms with Crippen molar-refractivity contribution in [1.82, 2.24) is 4.90 Å². The second kappa shape index (κ2) is 10.9. The molecule has 0 spiro atoms. The molecule has 3 aromatic carbocycles. The van der Waals surface area contributed by atoms with Gasteiger partial charge in [0, 0.05) is 34.3 Å². The number of hydrogen-bond donors (Lipinski definition) is 0. The number of amides is 1. The number of fused-ring (bicyclic) bond motifs is 1. The molecule has 198 valence electrons. The van der Waals surface area contributed by atoms with E-state index >= 15 is 4.39 Å². The largest absolute Gasteiger partial charge is 0.472 e. The molecule has 0 unspecified atom stereocenters. The number of carbonyl (C=O) groups is 2. The maximum absolute atomic E-state index is 15.5. The van der Waals surface area contributed by atoms with Gasteiger partial charge in [-0.1, -0.05) is 45.7 Å². The van der Waals surface area contributed by atoms with Crippen molar-refractivity contribution in [2.75, 3.05) is 45.0 Å². The van der Waals surface area contributed by atoms with Crippen LogP contribution < -0.4 is 9.64 Å². The zero-order valence-corrected chi connectivity index (χ0v) is 23.2. The molecule has 1 amide bonds. The number of benzene rings is 3. The fraction of sp³-hybridized carbons (Fsp3) is 0.286. The third-order valence-corrected chi connectivity index (χ3v) is 7.89. The van der Waals surface area contributed by atoms with E-state index in [9.17, 15) is 9.59 Å². The summed E-state index contributed by atoms with van der Waals surface area (Å²) in [6.45, 7) is 4.27. The second-order valence-electron chi connectivity index (χ2n) is 9.09. The van der Waals surface area contributed by atoms with E-state index in [-0.39, 0.29) is 24.7 Å². The number of rotatable bonds is 4. The van der Waals surface area contributed by atoms with Crippen LogP contribution in [0.15, 0.2) is 46.9 Å². The van der Waals surface area contributed by atoms with E-state index in [0.717, 1.165) is 15.6 Å². The maximum Gasteiger partial charge on any atom is 0.340 e. The minimum Gasteiger partial charge on any atom is -0.472 e. The first-order chi connectivity index (χ1) is 18.3. The summed E-state index contributed by atoms with van der Waals surface area (Å²) in [6.07, 6.45) is 0. The fourth-order valence-electron chi connectivity index (χ4n) is 4.72. The van der Waals surface area contributed by atoms with Crippen LogP contribution in [0.25, 0.3) is 11.1 Å². The van der Waals surface area contributed by atoms with Crippen LogP contribution in [0.3, 0.4) is 0 Å². The lowest BCUT2D eigenvalue weighted by molar-refractivity contribution is 0.0515. The highest BCUT2D eigenvalue weighted by Gasteiger charge is 2.29. The quantitative estimate of drug-likeness (QED) is 0.350. The van der Waals surface area contributed by atoms with Gasteiger partial charge >= 0.3 is 5.97 Å². The molecule has 0 saturated carbocycles. The summed E-state index contributed by atoms with van der Waals surface area (Å²) in [6, 6.07) is 11.7. The minimum absolute atomic E-state index is 0.0214. The van der Waals surface area contributed by atoms with Gasteiger partial charge in [0.1, 0.15) is 11.6 Å². The number of hydrogen-bond acceptors (Lipinski definition) is 6. The number of halogens is 3. The second-order valence-corrected chi connectivity index (χ2v) is 10.4. The van der Waals surface area contributed by atoms with Crippen molar-refractivity contribution in [3.63, 3.8) is 0 Å². The van der Waals surface area contributed by atoms with E-state index < -0.39 is 11.8 Å². The molecule has 0 aliphatic carbocycles. The van der Waals surface area contributed by atoms with Crippen molar-refractivity contribution >= 4 is 45.1 Å². The number of methoxy groups -OCH3 is 1. The lowest BCUT2D eigenvalue weighted by atomic mass is 9.97. The van der Waals surface area contributed by atoms with Gasteiger partial charge in [-0.2, -0.15) is 0 Å². The van der Waals surface area contributed by atoms with Gasteiger partial charge in [0.2, 0.25) is 0 Å². The molecule has 7 nitrogen and oxygen atoms in total. The minimum atomic E-state index is -0.612. The smallest absolute Gasteiger partial charge is 0.340 e. The fourth-order valence-corrected chi connectivity index (χ4v) is 5.43. The first-order valence-electron chi connectivity index (χ1n) is 12.0. The number of nitrogens with zero attached hydrogens (tertiary/aromatic N) is 2. The predicted octanol–water partition coefficient (Wildman–Crippen LogP) is 5.83. The molecular formula is C28H25BrClFN2O5. The van der Waals surface area contributed by atoms with Gasteiger partial charge in [-0.05, 0) is 36.8 Å². The van der Waals surface area contributed by atoms with Gasteiger partial charge in [0.15, 0.2) is 6.73 Å². The molecule has 3 aromatic rings. The highest BCUT2D eigenvalue weighted by molar-refractivity contribution is 9.10. The average molecular weight is 604 g/mol. The van der Waals surface area contributed by atoms with Gasteiger partial charge in [-0.25, -0.2) is 9.18 Å². The first-order valence-corrected chi connectivity index (χ1v) is 13.2. The molecule has 0 N–H and O–H groups in total. The van der Waals surface area contributed by atoms with Gasteiger partial charge in [-0.3, -0.25) is 4.79 Å². The van der Waals surface area contributed by atoms with Crippen molar-refractivity contribution < 1.29 is 28.2 Å². The molecule has 38 heavy (non-hydrogen) atoms. The molecule has 1 saturated heterocycles. The number of esters is 1. The van der Waals surface area contributed by atoms with Gasteiger partial charge < -0.3 is 24.0 Å². The lowest BCUT2D eigenvalue weighted by Crippen LogP contribution is -2.37. The Labute approximate surface area is 233 Å².